The summed E-state index contributed by atoms with van der Waals surface area (Å²) in [6.07, 6.45) is -3.31. The van der Waals surface area contributed by atoms with Crippen molar-refractivity contribution in [1.82, 2.24) is 42.5 Å². The van der Waals surface area contributed by atoms with Crippen molar-refractivity contribution in [1.29, 1.82) is 0 Å². The van der Waals surface area contributed by atoms with Gasteiger partial charge in [0.05, 0.1) is 31.9 Å². The zero-order valence-corrected chi connectivity index (χ0v) is 44.5. The van der Waals surface area contributed by atoms with Crippen LogP contribution in [0.15, 0.2) is 53.5 Å². The minimum atomic E-state index is -1.80. The Bertz CT molecular complexity index is 2350. The van der Waals surface area contributed by atoms with Crippen molar-refractivity contribution < 1.29 is 68.3 Å². The van der Waals surface area contributed by atoms with Gasteiger partial charge in [0.2, 0.25) is 41.4 Å². The number of aliphatic hydroxyl groups excluding tert-OH is 3. The summed E-state index contributed by atoms with van der Waals surface area (Å²) in [6.45, 7) is 8.83. The number of guanidine groups is 1. The minimum Gasteiger partial charge on any atom is -0.480 e. The molecule has 0 unspecified atom stereocenters. The van der Waals surface area contributed by atoms with E-state index < -0.39 is 134 Å². The number of carboxylic acids is 1. The van der Waals surface area contributed by atoms with Crippen LogP contribution >= 0.6 is 0 Å². The van der Waals surface area contributed by atoms with E-state index in [1.807, 2.05) is 48.5 Å². The number of aliphatic hydroxyl groups is 3. The Morgan fingerprint density at radius 2 is 1.22 bits per heavy atom. The number of aliphatic carboxylic acids is 1. The lowest BCUT2D eigenvalue weighted by Crippen LogP contribution is -2.62. The molecule has 2 aromatic rings. The van der Waals surface area contributed by atoms with Crippen LogP contribution in [0.1, 0.15) is 91.2 Å². The van der Waals surface area contributed by atoms with Crippen LogP contribution in [0.25, 0.3) is 11.1 Å². The van der Waals surface area contributed by atoms with Crippen molar-refractivity contribution in [2.45, 2.75) is 135 Å². The Labute approximate surface area is 447 Å². The predicted octanol–water partition coefficient (Wildman–Crippen LogP) is -2.50. The lowest BCUT2D eigenvalue weighted by molar-refractivity contribution is -0.143. The predicted molar refractivity (Wildman–Crippen MR) is 282 cm³/mol. The zero-order valence-electron chi connectivity index (χ0n) is 44.5. The van der Waals surface area contributed by atoms with Gasteiger partial charge in [-0.15, -0.1) is 0 Å². The lowest BCUT2D eigenvalue weighted by atomic mass is 9.96. The molecule has 0 heterocycles. The van der Waals surface area contributed by atoms with Gasteiger partial charge in [-0.05, 0) is 66.2 Å². The zero-order chi connectivity index (χ0) is 57.7. The van der Waals surface area contributed by atoms with Crippen molar-refractivity contribution in [2.24, 2.45) is 39.9 Å². The maximum Gasteiger partial charge on any atom is 0.407 e. The number of amides is 8. The molecule has 26 nitrogen and oxygen atoms in total. The number of hydrogen-bond acceptors (Lipinski definition) is 15. The van der Waals surface area contributed by atoms with Gasteiger partial charge in [0.1, 0.15) is 48.9 Å². The van der Waals surface area contributed by atoms with Crippen molar-refractivity contribution in [3.8, 4) is 11.1 Å². The molecular formula is C51H78N12O14. The van der Waals surface area contributed by atoms with Crippen LogP contribution in [-0.2, 0) is 43.1 Å². The van der Waals surface area contributed by atoms with Crippen LogP contribution < -0.4 is 59.7 Å². The second-order valence-corrected chi connectivity index (χ2v) is 19.7. The normalized spacial score (nSPS) is 15.7. The SMILES string of the molecule is CC[C@H](C)[C@H](NC(=O)[C@@H](CCCN=C(N)N)NC(=O)[C@H](CC(C)C)NC(=O)[C@@H](N)[C@H](O)C(C)C)C(=O)N[C@H](C(=O)NCC(=O)N[C@@H](CNC(=O)OCC1c2ccccc2-c2ccccc21)C(=O)N[C@@H](CO)C(=O)O)[C@H](C)O. The van der Waals surface area contributed by atoms with Gasteiger partial charge in [-0.25, -0.2) is 9.59 Å². The molecule has 0 aromatic heterocycles. The standard InChI is InChI=1S/C51H78N12O14/c1-8-27(6)40(62-43(68)34(18-13-19-55-50(53)54)59-44(69)35(20-25(2)3)60-46(71)39(52)42(67)26(4)5)48(73)63-41(28(7)65)47(72)56-22-38(66)58-36(45(70)61-37(23-64)49(74)75)21-57-51(76)77-24-33-31-16-11-9-14-29(31)30-15-10-12-17-32(30)33/h9-12,14-17,25-28,33-37,39-42,64-65,67H,8,13,18-24,52H2,1-7H3,(H,56,72)(H,57,76)(H,58,66)(H,59,69)(H,60,71)(H,61,70)(H,62,68)(H,63,73)(H,74,75)(H4,53,54,55)/t27-,28-,34+,35-,36-,37-,39-,40-,41-,42+/m0/s1. The molecule has 0 spiro atoms. The van der Waals surface area contributed by atoms with E-state index >= 15 is 0 Å². The largest absolute Gasteiger partial charge is 0.480 e. The Morgan fingerprint density at radius 3 is 1.75 bits per heavy atom. The third-order valence-electron chi connectivity index (χ3n) is 12.8. The number of nitrogens with one attached hydrogen (secondary N) is 8. The molecule has 3 rings (SSSR count). The summed E-state index contributed by atoms with van der Waals surface area (Å²) in [5.41, 5.74) is 20.8. The Hall–Kier alpha value is -7.42. The topological polar surface area (TPSA) is 430 Å². The van der Waals surface area contributed by atoms with Gasteiger partial charge in [0, 0.05) is 12.5 Å². The molecule has 8 amide bonds. The molecule has 426 valence electrons. The first-order chi connectivity index (χ1) is 36.3. The number of alkyl carbamates (subject to hydrolysis) is 1. The molecule has 0 radical (unpaired) electrons. The highest BCUT2D eigenvalue weighted by atomic mass is 16.5. The summed E-state index contributed by atoms with van der Waals surface area (Å²) in [4.78, 5) is 124. The fourth-order valence-electron chi connectivity index (χ4n) is 8.21. The second kappa shape index (κ2) is 31.0. The molecule has 1 aliphatic rings. The monoisotopic (exact) mass is 1080 g/mol. The first kappa shape index (κ1) is 63.9. The van der Waals surface area contributed by atoms with Gasteiger partial charge in [-0.1, -0.05) is 96.5 Å². The van der Waals surface area contributed by atoms with E-state index in [1.165, 1.54) is 6.92 Å². The van der Waals surface area contributed by atoms with Gasteiger partial charge in [0.15, 0.2) is 5.96 Å². The minimum absolute atomic E-state index is 0.0511. The number of carboxylic acid groups (broad SMARTS) is 1. The highest BCUT2D eigenvalue weighted by Gasteiger charge is 2.37. The van der Waals surface area contributed by atoms with Crippen LogP contribution in [0.2, 0.25) is 0 Å². The number of nitrogens with two attached hydrogens (primary N) is 3. The van der Waals surface area contributed by atoms with Crippen molar-refractivity contribution in [3.63, 3.8) is 0 Å². The smallest absolute Gasteiger partial charge is 0.407 e. The Balaban J connectivity index is 1.74. The van der Waals surface area contributed by atoms with E-state index in [4.69, 9.17) is 21.9 Å². The van der Waals surface area contributed by atoms with Crippen LogP contribution in [0.5, 0.6) is 0 Å². The van der Waals surface area contributed by atoms with Crippen LogP contribution in [0, 0.1) is 17.8 Å². The van der Waals surface area contributed by atoms with E-state index in [-0.39, 0.29) is 56.1 Å². The number of rotatable bonds is 31. The molecule has 10 atom stereocenters. The van der Waals surface area contributed by atoms with Gasteiger partial charge in [-0.3, -0.25) is 38.6 Å². The number of fused-ring (bicyclic) bond motifs is 3. The maximum atomic E-state index is 14.1. The molecule has 0 saturated heterocycles. The van der Waals surface area contributed by atoms with Gasteiger partial charge in [-0.2, -0.15) is 0 Å². The van der Waals surface area contributed by atoms with Gasteiger partial charge in [0.25, 0.3) is 0 Å². The summed E-state index contributed by atoms with van der Waals surface area (Å²) in [6, 6.07) is 4.69. The molecule has 2 aromatic carbocycles. The molecule has 77 heavy (non-hydrogen) atoms. The maximum absolute atomic E-state index is 14.1. The Morgan fingerprint density at radius 1 is 0.675 bits per heavy atom. The van der Waals surface area contributed by atoms with E-state index in [0.717, 1.165) is 22.3 Å². The third-order valence-corrected chi connectivity index (χ3v) is 12.8. The molecule has 0 bridgehead atoms. The van der Waals surface area contributed by atoms with E-state index in [0.29, 0.717) is 6.42 Å². The molecule has 0 saturated carbocycles. The average molecular weight is 1080 g/mol. The van der Waals surface area contributed by atoms with Crippen molar-refractivity contribution in [2.75, 3.05) is 32.8 Å². The molecule has 18 N–H and O–H groups in total. The van der Waals surface area contributed by atoms with Crippen molar-refractivity contribution in [3.05, 3.63) is 59.7 Å². The number of carbonyl (C=O) groups is 9. The molecule has 26 heteroatoms. The third kappa shape index (κ3) is 19.6. The van der Waals surface area contributed by atoms with Crippen molar-refractivity contribution >= 4 is 59.4 Å². The van der Waals surface area contributed by atoms with Crippen LogP contribution in [-0.4, -0.2) is 167 Å². The quantitative estimate of drug-likeness (QED) is 0.0211. The fourth-order valence-corrected chi connectivity index (χ4v) is 8.21. The average Bonchev–Trinajstić information content (AvgIpc) is 3.70. The second-order valence-electron chi connectivity index (χ2n) is 19.7. The number of nitrogens with zero attached hydrogens (tertiary/aromatic N) is 1. The van der Waals surface area contributed by atoms with E-state index in [9.17, 15) is 63.6 Å². The number of carbonyl (C=O) groups excluding carboxylic acids is 8. The van der Waals surface area contributed by atoms with E-state index in [2.05, 4.69) is 47.5 Å². The Kier molecular flexibility index (Phi) is 25.7. The van der Waals surface area contributed by atoms with Crippen LogP contribution in [0.4, 0.5) is 4.79 Å². The fraction of sp³-hybridized carbons (Fsp3) is 0.569. The molecule has 0 aliphatic heterocycles. The highest BCUT2D eigenvalue weighted by Crippen LogP contribution is 2.44. The number of hydrogen-bond donors (Lipinski definition) is 15. The summed E-state index contributed by atoms with van der Waals surface area (Å²) in [7, 11) is 0. The summed E-state index contributed by atoms with van der Waals surface area (Å²) in [5.74, 6) is -9.93. The summed E-state index contributed by atoms with van der Waals surface area (Å²) < 4.78 is 5.52. The molecule has 1 aliphatic carbocycles. The first-order valence-electron chi connectivity index (χ1n) is 25.5. The highest BCUT2D eigenvalue weighted by molar-refractivity contribution is 5.97. The number of ether oxygens (including phenoxy) is 1. The van der Waals surface area contributed by atoms with Gasteiger partial charge >= 0.3 is 12.1 Å². The summed E-state index contributed by atoms with van der Waals surface area (Å²) in [5, 5.41) is 59.3. The van der Waals surface area contributed by atoms with E-state index in [1.54, 1.807) is 41.5 Å². The summed E-state index contributed by atoms with van der Waals surface area (Å²) >= 11 is 0. The lowest BCUT2D eigenvalue weighted by Gasteiger charge is -2.30. The first-order valence-corrected chi connectivity index (χ1v) is 25.5. The molecular weight excluding hydrogens is 1000 g/mol. The van der Waals surface area contributed by atoms with Gasteiger partial charge < -0.3 is 84.9 Å². The number of benzene rings is 2. The molecule has 0 fully saturated rings. The number of aliphatic imine (C=N–C) groups is 1. The van der Waals surface area contributed by atoms with Crippen LogP contribution in [0.3, 0.4) is 0 Å².